The molecule has 0 unspecified atom stereocenters. The van der Waals surface area contributed by atoms with E-state index in [2.05, 4.69) is 5.32 Å². The first kappa shape index (κ1) is 19.5. The zero-order chi connectivity index (χ0) is 18.8. The summed E-state index contributed by atoms with van der Waals surface area (Å²) in [7, 11) is 1.37. The van der Waals surface area contributed by atoms with Gasteiger partial charge in [-0.05, 0) is 32.2 Å². The maximum atomic E-state index is 12.5. The van der Waals surface area contributed by atoms with Gasteiger partial charge in [-0.3, -0.25) is 14.5 Å². The van der Waals surface area contributed by atoms with Crippen LogP contribution < -0.4 is 5.32 Å². The van der Waals surface area contributed by atoms with Gasteiger partial charge in [-0.2, -0.15) is 0 Å². The monoisotopic (exact) mass is 355 g/mol. The Morgan fingerprint density at radius 2 is 2.00 bits per heavy atom. The van der Waals surface area contributed by atoms with Gasteiger partial charge in [0.05, 0.1) is 19.1 Å². The molecule has 2 aliphatic rings. The van der Waals surface area contributed by atoms with Crippen LogP contribution in [0.5, 0.6) is 0 Å². The second-order valence-corrected chi connectivity index (χ2v) is 7.42. The molecule has 1 aliphatic heterocycles. The van der Waals surface area contributed by atoms with Crippen molar-refractivity contribution < 1.29 is 24.2 Å². The van der Waals surface area contributed by atoms with Crippen LogP contribution >= 0.6 is 0 Å². The number of nitrogens with zero attached hydrogens (tertiary/aromatic N) is 2. The summed E-state index contributed by atoms with van der Waals surface area (Å²) in [5.74, 6) is -1.08. The summed E-state index contributed by atoms with van der Waals surface area (Å²) in [6.45, 7) is 7.31. The molecule has 1 saturated carbocycles. The van der Waals surface area contributed by atoms with Crippen molar-refractivity contribution in [1.82, 2.24) is 15.1 Å². The van der Waals surface area contributed by atoms with E-state index >= 15 is 0 Å². The smallest absolute Gasteiger partial charge is 0.317 e. The molecule has 0 aromatic carbocycles. The van der Waals surface area contributed by atoms with Crippen LogP contribution in [-0.2, 0) is 14.3 Å². The summed E-state index contributed by atoms with van der Waals surface area (Å²) in [6.07, 6.45) is 1.51. The molecule has 2 rings (SSSR count). The van der Waals surface area contributed by atoms with E-state index in [9.17, 15) is 14.4 Å². The van der Waals surface area contributed by atoms with Crippen molar-refractivity contribution in [3.8, 4) is 0 Å². The standard InChI is InChI=1S/C17H29N3O5/c1-5-19(9-14(21)22)13-6-12(7-13)18-16(24)20-8-11(2)17(3,10-20)15(23)25-4/h11-13H,5-10H2,1-4H3,(H,18,24)(H,21,22)/t11-,12?,13?,17-/m1/s1. The van der Waals surface area contributed by atoms with E-state index in [0.717, 1.165) is 12.8 Å². The van der Waals surface area contributed by atoms with Crippen molar-refractivity contribution in [2.24, 2.45) is 11.3 Å². The largest absolute Gasteiger partial charge is 0.480 e. The minimum atomic E-state index is -0.831. The van der Waals surface area contributed by atoms with E-state index in [1.807, 2.05) is 25.7 Å². The highest BCUT2D eigenvalue weighted by Gasteiger charge is 2.49. The van der Waals surface area contributed by atoms with Crippen molar-refractivity contribution in [1.29, 1.82) is 0 Å². The number of carboxylic acids is 1. The van der Waals surface area contributed by atoms with Crippen molar-refractivity contribution in [2.75, 3.05) is 33.3 Å². The third kappa shape index (κ3) is 4.05. The van der Waals surface area contributed by atoms with Crippen LogP contribution in [0, 0.1) is 11.3 Å². The second-order valence-electron chi connectivity index (χ2n) is 7.42. The maximum absolute atomic E-state index is 12.5. The maximum Gasteiger partial charge on any atom is 0.317 e. The lowest BCUT2D eigenvalue weighted by molar-refractivity contribution is -0.152. The summed E-state index contributed by atoms with van der Waals surface area (Å²) in [6, 6.07) is 0.0917. The Bertz CT molecular complexity index is 534. The Morgan fingerprint density at radius 3 is 2.52 bits per heavy atom. The highest BCUT2D eigenvalue weighted by atomic mass is 16.5. The predicted molar refractivity (Wildman–Crippen MR) is 91.1 cm³/mol. The Kier molecular flexibility index (Phi) is 5.92. The van der Waals surface area contributed by atoms with Crippen LogP contribution in [0.2, 0.25) is 0 Å². The quantitative estimate of drug-likeness (QED) is 0.683. The number of aliphatic carboxylic acids is 1. The fourth-order valence-electron chi connectivity index (χ4n) is 3.75. The van der Waals surface area contributed by atoms with E-state index in [4.69, 9.17) is 9.84 Å². The number of carbonyl (C=O) groups is 3. The molecule has 2 N–H and O–H groups in total. The highest BCUT2D eigenvalue weighted by molar-refractivity contribution is 5.81. The highest BCUT2D eigenvalue weighted by Crippen LogP contribution is 2.37. The normalized spacial score (nSPS) is 31.6. The number of carbonyl (C=O) groups excluding carboxylic acids is 2. The van der Waals surface area contributed by atoms with Gasteiger partial charge in [0.15, 0.2) is 0 Å². The molecule has 2 atom stereocenters. The van der Waals surface area contributed by atoms with Gasteiger partial charge in [0.25, 0.3) is 0 Å². The van der Waals surface area contributed by atoms with Crippen LogP contribution in [0.1, 0.15) is 33.6 Å². The third-order valence-corrected chi connectivity index (χ3v) is 5.74. The average Bonchev–Trinajstić information content (AvgIpc) is 2.84. The molecule has 0 radical (unpaired) electrons. The van der Waals surface area contributed by atoms with E-state index < -0.39 is 11.4 Å². The molecule has 0 spiro atoms. The summed E-state index contributed by atoms with van der Waals surface area (Å²) >= 11 is 0. The SMILES string of the molecule is CCN(CC(=O)O)C1CC(NC(=O)N2C[C@@H](C)[C@](C)(C(=O)OC)C2)C1. The third-order valence-electron chi connectivity index (χ3n) is 5.74. The number of amides is 2. The molecular weight excluding hydrogens is 326 g/mol. The molecule has 1 saturated heterocycles. The van der Waals surface area contributed by atoms with Crippen LogP contribution in [0.25, 0.3) is 0 Å². The molecular formula is C17H29N3O5. The molecule has 0 aromatic heterocycles. The van der Waals surface area contributed by atoms with E-state index in [1.54, 1.807) is 4.90 Å². The Hall–Kier alpha value is -1.83. The number of urea groups is 1. The summed E-state index contributed by atoms with van der Waals surface area (Å²) in [4.78, 5) is 38.9. The van der Waals surface area contributed by atoms with Gasteiger partial charge in [-0.1, -0.05) is 13.8 Å². The minimum absolute atomic E-state index is 0.0307. The molecule has 2 fully saturated rings. The topological polar surface area (TPSA) is 99.2 Å². The van der Waals surface area contributed by atoms with Crippen LogP contribution in [-0.4, -0.2) is 78.2 Å². The van der Waals surface area contributed by atoms with Gasteiger partial charge in [-0.25, -0.2) is 4.79 Å². The Morgan fingerprint density at radius 1 is 1.36 bits per heavy atom. The molecule has 0 bridgehead atoms. The number of nitrogens with one attached hydrogen (secondary N) is 1. The number of rotatable bonds is 6. The number of likely N-dealkylation sites (N-methyl/N-ethyl adjacent to an activating group) is 1. The minimum Gasteiger partial charge on any atom is -0.480 e. The molecule has 8 heteroatoms. The van der Waals surface area contributed by atoms with Gasteiger partial charge < -0.3 is 20.1 Å². The van der Waals surface area contributed by atoms with Crippen molar-refractivity contribution in [2.45, 2.75) is 45.7 Å². The molecule has 1 heterocycles. The van der Waals surface area contributed by atoms with Crippen LogP contribution in [0.15, 0.2) is 0 Å². The van der Waals surface area contributed by atoms with Gasteiger partial charge >= 0.3 is 18.0 Å². The zero-order valence-electron chi connectivity index (χ0n) is 15.4. The lowest BCUT2D eigenvalue weighted by atomic mass is 9.81. The van der Waals surface area contributed by atoms with Gasteiger partial charge in [-0.15, -0.1) is 0 Å². The van der Waals surface area contributed by atoms with Crippen molar-refractivity contribution in [3.63, 3.8) is 0 Å². The Labute approximate surface area is 148 Å². The van der Waals surface area contributed by atoms with Crippen LogP contribution in [0.3, 0.4) is 0 Å². The first-order chi connectivity index (χ1) is 11.7. The molecule has 1 aliphatic carbocycles. The number of likely N-dealkylation sites (tertiary alicyclic amines) is 1. The molecule has 2 amide bonds. The number of hydrogen-bond donors (Lipinski definition) is 2. The van der Waals surface area contributed by atoms with Crippen molar-refractivity contribution in [3.05, 3.63) is 0 Å². The first-order valence-electron chi connectivity index (χ1n) is 8.81. The summed E-state index contributed by atoms with van der Waals surface area (Å²) in [5, 5.41) is 11.9. The number of esters is 1. The van der Waals surface area contributed by atoms with Gasteiger partial charge in [0, 0.05) is 25.2 Å². The number of carboxylic acid groups (broad SMARTS) is 1. The zero-order valence-corrected chi connectivity index (χ0v) is 15.4. The predicted octanol–water partition coefficient (Wildman–Crippen LogP) is 0.765. The fourth-order valence-corrected chi connectivity index (χ4v) is 3.75. The van der Waals surface area contributed by atoms with Gasteiger partial charge in [0.2, 0.25) is 0 Å². The van der Waals surface area contributed by atoms with E-state index in [1.165, 1.54) is 7.11 Å². The number of ether oxygens (including phenoxy) is 1. The Balaban J connectivity index is 1.83. The second kappa shape index (κ2) is 7.59. The molecule has 8 nitrogen and oxygen atoms in total. The van der Waals surface area contributed by atoms with Gasteiger partial charge in [0.1, 0.15) is 0 Å². The lowest BCUT2D eigenvalue weighted by Crippen LogP contribution is -2.56. The van der Waals surface area contributed by atoms with Crippen molar-refractivity contribution >= 4 is 18.0 Å². The number of hydrogen-bond acceptors (Lipinski definition) is 5. The first-order valence-corrected chi connectivity index (χ1v) is 8.81. The summed E-state index contributed by atoms with van der Waals surface area (Å²) < 4.78 is 4.88. The summed E-state index contributed by atoms with van der Waals surface area (Å²) in [5.41, 5.74) is -0.672. The average molecular weight is 355 g/mol. The number of methoxy groups -OCH3 is 1. The fraction of sp³-hybridized carbons (Fsp3) is 0.824. The van der Waals surface area contributed by atoms with E-state index in [0.29, 0.717) is 19.6 Å². The molecule has 0 aromatic rings. The molecule has 25 heavy (non-hydrogen) atoms. The molecule has 142 valence electrons. The van der Waals surface area contributed by atoms with Crippen LogP contribution in [0.4, 0.5) is 4.79 Å². The van der Waals surface area contributed by atoms with E-state index in [-0.39, 0.29) is 36.5 Å². The lowest BCUT2D eigenvalue weighted by Gasteiger charge is -2.42.